The molecule has 2 fully saturated rings. The number of nitrogens with zero attached hydrogens (tertiary/aromatic N) is 6. The van der Waals surface area contributed by atoms with E-state index in [2.05, 4.69) is 67.4 Å². The lowest BCUT2D eigenvalue weighted by atomic mass is 9.97. The number of hydrogen-bond acceptors (Lipinski definition) is 8. The fraction of sp³-hybridized carbons (Fsp3) is 0.514. The average Bonchev–Trinajstić information content (AvgIpc) is 3.90. The highest BCUT2D eigenvalue weighted by molar-refractivity contribution is 5.81. The molecule has 10 nitrogen and oxygen atoms in total. The van der Waals surface area contributed by atoms with E-state index in [0.29, 0.717) is 37.9 Å². The molecule has 10 heteroatoms. The van der Waals surface area contributed by atoms with Crippen molar-refractivity contribution in [2.75, 3.05) is 51.1 Å². The minimum atomic E-state index is 0.000299. The Labute approximate surface area is 266 Å². The summed E-state index contributed by atoms with van der Waals surface area (Å²) >= 11 is 0. The lowest BCUT2D eigenvalue weighted by Crippen LogP contribution is -2.49. The van der Waals surface area contributed by atoms with E-state index in [-0.39, 0.29) is 17.7 Å². The van der Waals surface area contributed by atoms with E-state index in [0.717, 1.165) is 81.0 Å². The van der Waals surface area contributed by atoms with Crippen LogP contribution in [0.25, 0.3) is 11.1 Å². The largest absolute Gasteiger partial charge is 0.353 e. The number of nitrogens with one attached hydrogen (secondary N) is 2. The zero-order valence-corrected chi connectivity index (χ0v) is 26.7. The van der Waals surface area contributed by atoms with Gasteiger partial charge in [-0.05, 0) is 66.5 Å². The quantitative estimate of drug-likeness (QED) is 0.442. The van der Waals surface area contributed by atoms with Crippen LogP contribution in [0.3, 0.4) is 0 Å². The number of piperazine rings is 1. The highest BCUT2D eigenvalue weighted by atomic mass is 16.2. The predicted octanol–water partition coefficient (Wildman–Crippen LogP) is 4.25. The van der Waals surface area contributed by atoms with Crippen molar-refractivity contribution in [2.24, 2.45) is 11.8 Å². The molecule has 3 aromatic rings. The second-order valence-corrected chi connectivity index (χ2v) is 12.9. The van der Waals surface area contributed by atoms with Gasteiger partial charge in [-0.1, -0.05) is 32.4 Å². The van der Waals surface area contributed by atoms with Gasteiger partial charge >= 0.3 is 0 Å². The van der Waals surface area contributed by atoms with Crippen molar-refractivity contribution >= 4 is 23.3 Å². The lowest BCUT2D eigenvalue weighted by molar-refractivity contribution is -0.133. The molecule has 2 amide bonds. The van der Waals surface area contributed by atoms with E-state index in [9.17, 15) is 9.59 Å². The Morgan fingerprint density at radius 2 is 1.69 bits per heavy atom. The first-order chi connectivity index (χ1) is 21.9. The van der Waals surface area contributed by atoms with Crippen LogP contribution in [0.15, 0.2) is 48.9 Å². The maximum atomic E-state index is 13.1. The standard InChI is InChI=1S/C35H46N8O2/c1-3-25(2)4-6-27-7-5-26-18-31(27)40-32-19-29(10-11-36-32)30-20-38-33(39-21-30)23-43(35(45)28-8-9-28)13-12-37-34(44)24-42-16-14-41(22-26)15-17-42/h5,7,10-11,18-21,25,28H,3-4,6,8-9,12-17,22-24H2,1-2H3,(H,36,40)(H,37,44). The fourth-order valence-corrected chi connectivity index (χ4v) is 6.04. The van der Waals surface area contributed by atoms with Gasteiger partial charge in [0.05, 0.1) is 13.1 Å². The molecule has 5 aliphatic heterocycles. The number of carbonyl (C=O) groups is 2. The molecule has 2 N–H and O–H groups in total. The normalized spacial score (nSPS) is 21.6. The van der Waals surface area contributed by atoms with E-state index in [1.807, 2.05) is 30.7 Å². The highest BCUT2D eigenvalue weighted by Crippen LogP contribution is 2.31. The summed E-state index contributed by atoms with van der Waals surface area (Å²) in [6.07, 6.45) is 10.6. The summed E-state index contributed by atoms with van der Waals surface area (Å²) < 4.78 is 0. The third kappa shape index (κ3) is 8.43. The van der Waals surface area contributed by atoms with E-state index in [1.54, 1.807) is 4.90 Å². The van der Waals surface area contributed by atoms with Crippen molar-refractivity contribution in [3.63, 3.8) is 0 Å². The van der Waals surface area contributed by atoms with Crippen molar-refractivity contribution in [1.82, 2.24) is 35.0 Å². The Kier molecular flexibility index (Phi) is 10.0. The van der Waals surface area contributed by atoms with E-state index >= 15 is 0 Å². The number of aryl methyl sites for hydroxylation is 1. The SMILES string of the molecule is CCC(C)CCc1ccc2cc1Nc1cc(ccn1)-c1cnc(nc1)CN(C(=O)C1CC1)CCNC(=O)CN1CCN(CC1)C2. The van der Waals surface area contributed by atoms with Gasteiger partial charge in [-0.2, -0.15) is 0 Å². The molecule has 6 aliphatic rings. The van der Waals surface area contributed by atoms with Crippen LogP contribution in [0, 0.1) is 11.8 Å². The monoisotopic (exact) mass is 610 g/mol. The van der Waals surface area contributed by atoms with Crippen LogP contribution in [-0.4, -0.2) is 87.3 Å². The number of benzene rings is 1. The number of rotatable bonds is 5. The zero-order valence-electron chi connectivity index (χ0n) is 26.7. The molecular weight excluding hydrogens is 564 g/mol. The Morgan fingerprint density at radius 3 is 2.42 bits per heavy atom. The maximum Gasteiger partial charge on any atom is 0.234 e. The van der Waals surface area contributed by atoms with Crippen LogP contribution in [-0.2, 0) is 29.1 Å². The Balaban J connectivity index is 1.27. The summed E-state index contributed by atoms with van der Waals surface area (Å²) in [4.78, 5) is 46.3. The minimum Gasteiger partial charge on any atom is -0.353 e. The van der Waals surface area contributed by atoms with Crippen LogP contribution in [0.4, 0.5) is 11.5 Å². The smallest absolute Gasteiger partial charge is 0.234 e. The highest BCUT2D eigenvalue weighted by Gasteiger charge is 2.33. The minimum absolute atomic E-state index is 0.000299. The molecule has 9 rings (SSSR count). The average molecular weight is 611 g/mol. The third-order valence-corrected chi connectivity index (χ3v) is 9.35. The van der Waals surface area contributed by atoms with E-state index < -0.39 is 0 Å². The van der Waals surface area contributed by atoms with Crippen molar-refractivity contribution in [1.29, 1.82) is 0 Å². The van der Waals surface area contributed by atoms with Crippen LogP contribution in [0.5, 0.6) is 0 Å². The van der Waals surface area contributed by atoms with Crippen molar-refractivity contribution in [3.05, 3.63) is 65.9 Å². The van der Waals surface area contributed by atoms with Gasteiger partial charge in [-0.15, -0.1) is 0 Å². The molecule has 2 aromatic heterocycles. The Bertz CT molecular complexity index is 1470. The van der Waals surface area contributed by atoms with Gasteiger partial charge in [0.1, 0.15) is 11.6 Å². The number of hydrogen-bond donors (Lipinski definition) is 2. The summed E-state index contributed by atoms with van der Waals surface area (Å²) in [5, 5.41) is 6.68. The van der Waals surface area contributed by atoms with Gasteiger partial charge in [-0.25, -0.2) is 15.0 Å². The lowest BCUT2D eigenvalue weighted by Gasteiger charge is -2.34. The molecule has 238 valence electrons. The summed E-state index contributed by atoms with van der Waals surface area (Å²) in [6.45, 7) is 10.5. The molecule has 1 aromatic carbocycles. The number of pyridine rings is 1. The molecule has 1 unspecified atom stereocenters. The van der Waals surface area contributed by atoms with Crippen LogP contribution in [0.1, 0.15) is 56.5 Å². The molecule has 0 spiro atoms. The van der Waals surface area contributed by atoms with Gasteiger partial charge in [0.15, 0.2) is 0 Å². The summed E-state index contributed by atoms with van der Waals surface area (Å²) in [5.74, 6) is 2.24. The third-order valence-electron chi connectivity index (χ3n) is 9.35. The molecule has 7 heterocycles. The zero-order chi connectivity index (χ0) is 31.2. The Hall–Kier alpha value is -3.89. The fourth-order valence-electron chi connectivity index (χ4n) is 6.04. The van der Waals surface area contributed by atoms with Crippen molar-refractivity contribution < 1.29 is 9.59 Å². The summed E-state index contributed by atoms with van der Waals surface area (Å²) in [6, 6.07) is 10.8. The molecule has 1 saturated heterocycles. The molecule has 1 saturated carbocycles. The topological polar surface area (TPSA) is 107 Å². The Morgan fingerprint density at radius 1 is 0.933 bits per heavy atom. The van der Waals surface area contributed by atoms with Gasteiger partial charge < -0.3 is 15.5 Å². The number of anilines is 2. The number of carbonyl (C=O) groups excluding carboxylic acids is 2. The molecule has 1 aliphatic carbocycles. The predicted molar refractivity (Wildman–Crippen MR) is 176 cm³/mol. The molecule has 8 bridgehead atoms. The molecule has 0 radical (unpaired) electrons. The summed E-state index contributed by atoms with van der Waals surface area (Å²) in [5.41, 5.74) is 5.52. The molecular formula is C35H46N8O2. The molecule has 45 heavy (non-hydrogen) atoms. The van der Waals surface area contributed by atoms with Gasteiger partial charge in [0.25, 0.3) is 0 Å². The van der Waals surface area contributed by atoms with Crippen molar-refractivity contribution in [3.8, 4) is 11.1 Å². The first kappa shape index (κ1) is 31.1. The van der Waals surface area contributed by atoms with Crippen LogP contribution >= 0.6 is 0 Å². The first-order valence-electron chi connectivity index (χ1n) is 16.6. The van der Waals surface area contributed by atoms with Gasteiger partial charge in [-0.3, -0.25) is 19.4 Å². The van der Waals surface area contributed by atoms with Gasteiger partial charge in [0.2, 0.25) is 11.8 Å². The van der Waals surface area contributed by atoms with Crippen molar-refractivity contribution in [2.45, 2.75) is 59.0 Å². The van der Waals surface area contributed by atoms with Gasteiger partial charge in [0, 0.05) is 81.6 Å². The molecule has 1 atom stereocenters. The number of aromatic nitrogens is 3. The van der Waals surface area contributed by atoms with Crippen LogP contribution < -0.4 is 10.6 Å². The summed E-state index contributed by atoms with van der Waals surface area (Å²) in [7, 11) is 0. The first-order valence-corrected chi connectivity index (χ1v) is 16.6. The van der Waals surface area contributed by atoms with E-state index in [4.69, 9.17) is 0 Å². The number of amides is 2. The maximum absolute atomic E-state index is 13.1. The second-order valence-electron chi connectivity index (χ2n) is 12.9. The van der Waals surface area contributed by atoms with Crippen LogP contribution in [0.2, 0.25) is 0 Å². The van der Waals surface area contributed by atoms with E-state index in [1.165, 1.54) is 17.5 Å². The second kappa shape index (κ2) is 14.5.